The highest BCUT2D eigenvalue weighted by molar-refractivity contribution is 5.94. The van der Waals surface area contributed by atoms with E-state index in [1.165, 1.54) is 30.3 Å². The van der Waals surface area contributed by atoms with Crippen molar-refractivity contribution in [2.75, 3.05) is 44.3 Å². The van der Waals surface area contributed by atoms with E-state index in [1.54, 1.807) is 17.0 Å². The van der Waals surface area contributed by atoms with Crippen molar-refractivity contribution in [1.82, 2.24) is 4.90 Å². The van der Waals surface area contributed by atoms with Crippen molar-refractivity contribution in [3.63, 3.8) is 0 Å². The molecule has 2 aromatic carbocycles. The van der Waals surface area contributed by atoms with Crippen molar-refractivity contribution in [3.8, 4) is 6.07 Å². The number of fused-ring (bicyclic) bond motifs is 1. The van der Waals surface area contributed by atoms with Crippen LogP contribution in [0.4, 0.5) is 23.2 Å². The summed E-state index contributed by atoms with van der Waals surface area (Å²) in [5.74, 6) is -0.498. The number of anilines is 1. The number of likely N-dealkylation sites (tertiary alicyclic amines) is 1. The minimum Gasteiger partial charge on any atom is -0.381 e. The van der Waals surface area contributed by atoms with Crippen LogP contribution >= 0.6 is 0 Å². The molecule has 9 heteroatoms. The Morgan fingerprint density at radius 2 is 1.94 bits per heavy atom. The first-order valence-electron chi connectivity index (χ1n) is 11.2. The third kappa shape index (κ3) is 4.60. The highest BCUT2D eigenvalue weighted by atomic mass is 19.4. The fraction of sp³-hybridized carbons (Fsp3) is 0.440. The van der Waals surface area contributed by atoms with Crippen LogP contribution in [-0.2, 0) is 10.9 Å². The molecule has 0 bridgehead atoms. The summed E-state index contributed by atoms with van der Waals surface area (Å²) in [5.41, 5.74) is -1.02. The van der Waals surface area contributed by atoms with Crippen LogP contribution in [0.15, 0.2) is 42.5 Å². The van der Waals surface area contributed by atoms with E-state index in [9.17, 15) is 22.4 Å². The summed E-state index contributed by atoms with van der Waals surface area (Å²) in [6.45, 7) is 4.59. The lowest BCUT2D eigenvalue weighted by Crippen LogP contribution is -2.53. The summed E-state index contributed by atoms with van der Waals surface area (Å²) >= 11 is 0. The molecule has 4 rings (SSSR count). The summed E-state index contributed by atoms with van der Waals surface area (Å²) in [4.78, 5) is 16.7. The number of ether oxygens (including phenoxy) is 1. The zero-order valence-corrected chi connectivity index (χ0v) is 18.7. The summed E-state index contributed by atoms with van der Waals surface area (Å²) in [6.07, 6.45) is -3.95. The summed E-state index contributed by atoms with van der Waals surface area (Å²) in [7, 11) is 0. The predicted octanol–water partition coefficient (Wildman–Crippen LogP) is 4.72. The molecule has 0 N–H and O–H groups in total. The Bertz CT molecular complexity index is 1100. The van der Waals surface area contributed by atoms with E-state index < -0.39 is 28.5 Å². The maximum absolute atomic E-state index is 13.5. The molecule has 34 heavy (non-hydrogen) atoms. The molecule has 2 fully saturated rings. The summed E-state index contributed by atoms with van der Waals surface area (Å²) in [5, 5.41) is 9.10. The van der Waals surface area contributed by atoms with E-state index in [1.807, 2.05) is 11.8 Å². The highest BCUT2D eigenvalue weighted by Gasteiger charge is 2.51. The first-order chi connectivity index (χ1) is 16.2. The van der Waals surface area contributed by atoms with Gasteiger partial charge in [0.1, 0.15) is 5.82 Å². The number of amides is 1. The monoisotopic (exact) mass is 475 g/mol. The first kappa shape index (κ1) is 24.0. The van der Waals surface area contributed by atoms with Crippen LogP contribution in [0.5, 0.6) is 0 Å². The Labute approximate surface area is 195 Å². The molecule has 2 aliphatic rings. The second kappa shape index (κ2) is 9.26. The van der Waals surface area contributed by atoms with Gasteiger partial charge in [0.2, 0.25) is 0 Å². The molecule has 2 aliphatic heterocycles. The summed E-state index contributed by atoms with van der Waals surface area (Å²) in [6, 6.07) is 10.8. The van der Waals surface area contributed by atoms with Gasteiger partial charge < -0.3 is 14.5 Å². The van der Waals surface area contributed by atoms with Crippen LogP contribution < -0.4 is 4.90 Å². The van der Waals surface area contributed by atoms with Crippen LogP contribution in [0.1, 0.15) is 34.8 Å². The molecule has 1 amide bonds. The molecule has 0 spiro atoms. The Morgan fingerprint density at radius 1 is 1.21 bits per heavy atom. The van der Waals surface area contributed by atoms with Gasteiger partial charge in [0.05, 0.1) is 23.8 Å². The number of piperidine rings is 1. The second-order valence-electron chi connectivity index (χ2n) is 8.94. The average Bonchev–Trinajstić information content (AvgIpc) is 3.21. The van der Waals surface area contributed by atoms with Crippen molar-refractivity contribution in [2.24, 2.45) is 11.3 Å². The summed E-state index contributed by atoms with van der Waals surface area (Å²) < 4.78 is 59.6. The largest absolute Gasteiger partial charge is 0.417 e. The number of hydrogen-bond acceptors (Lipinski definition) is 4. The maximum Gasteiger partial charge on any atom is 0.417 e. The highest BCUT2D eigenvalue weighted by Crippen LogP contribution is 2.45. The van der Waals surface area contributed by atoms with E-state index in [-0.39, 0.29) is 11.8 Å². The minimum atomic E-state index is -4.63. The average molecular weight is 475 g/mol. The zero-order chi connectivity index (χ0) is 24.5. The molecule has 5 nitrogen and oxygen atoms in total. The van der Waals surface area contributed by atoms with Gasteiger partial charge in [-0.2, -0.15) is 18.4 Å². The maximum atomic E-state index is 13.5. The molecule has 180 valence electrons. The predicted molar refractivity (Wildman–Crippen MR) is 118 cm³/mol. The molecule has 2 saturated heterocycles. The Kier molecular flexibility index (Phi) is 6.54. The molecule has 2 atom stereocenters. The van der Waals surface area contributed by atoms with Crippen molar-refractivity contribution in [3.05, 3.63) is 65.0 Å². The molecule has 0 aromatic heterocycles. The van der Waals surface area contributed by atoms with Gasteiger partial charge in [-0.3, -0.25) is 4.79 Å². The fourth-order valence-corrected chi connectivity index (χ4v) is 5.10. The Hall–Kier alpha value is -3.12. The molecule has 0 radical (unpaired) electrons. The lowest BCUT2D eigenvalue weighted by atomic mass is 9.73. The number of carbonyl (C=O) groups excluding carboxylic acids is 1. The van der Waals surface area contributed by atoms with Crippen LogP contribution in [0.25, 0.3) is 0 Å². The zero-order valence-electron chi connectivity index (χ0n) is 18.7. The third-order valence-corrected chi connectivity index (χ3v) is 6.83. The van der Waals surface area contributed by atoms with Gasteiger partial charge in [0, 0.05) is 49.5 Å². The third-order valence-electron chi connectivity index (χ3n) is 6.83. The van der Waals surface area contributed by atoms with E-state index in [2.05, 4.69) is 0 Å². The van der Waals surface area contributed by atoms with Crippen LogP contribution in [-0.4, -0.2) is 50.2 Å². The fourth-order valence-electron chi connectivity index (χ4n) is 5.10. The van der Waals surface area contributed by atoms with Gasteiger partial charge in [0.25, 0.3) is 5.91 Å². The molecule has 0 aliphatic carbocycles. The van der Waals surface area contributed by atoms with Crippen molar-refractivity contribution in [2.45, 2.75) is 19.5 Å². The SMILES string of the molecule is CCOC[C@]12CN(C(=O)c3ccc(F)cc3)CC[C@H]1CN(c1ccc(C#N)c(C(F)(F)F)c1)C2. The molecule has 2 heterocycles. The first-order valence-corrected chi connectivity index (χ1v) is 11.2. The normalized spacial score (nSPS) is 22.4. The number of halogens is 4. The van der Waals surface area contributed by atoms with Gasteiger partial charge >= 0.3 is 6.18 Å². The van der Waals surface area contributed by atoms with Crippen molar-refractivity contribution < 1.29 is 27.1 Å². The van der Waals surface area contributed by atoms with Gasteiger partial charge in [0.15, 0.2) is 0 Å². The van der Waals surface area contributed by atoms with Gasteiger partial charge in [-0.05, 0) is 61.7 Å². The van der Waals surface area contributed by atoms with Gasteiger partial charge in [-0.1, -0.05) is 0 Å². The van der Waals surface area contributed by atoms with Gasteiger partial charge in [-0.25, -0.2) is 4.39 Å². The number of alkyl halides is 3. The molecule has 0 saturated carbocycles. The number of carbonyl (C=O) groups is 1. The quantitative estimate of drug-likeness (QED) is 0.588. The molecular formula is C25H25F4N3O2. The second-order valence-corrected chi connectivity index (χ2v) is 8.94. The van der Waals surface area contributed by atoms with Crippen LogP contribution in [0, 0.1) is 28.5 Å². The van der Waals surface area contributed by atoms with Crippen molar-refractivity contribution in [1.29, 1.82) is 5.26 Å². The lowest BCUT2D eigenvalue weighted by Gasteiger charge is -2.43. The van der Waals surface area contributed by atoms with Gasteiger partial charge in [-0.15, -0.1) is 0 Å². The van der Waals surface area contributed by atoms with Crippen LogP contribution in [0.3, 0.4) is 0 Å². The lowest BCUT2D eigenvalue weighted by molar-refractivity contribution is -0.137. The van der Waals surface area contributed by atoms with Crippen LogP contribution in [0.2, 0.25) is 0 Å². The number of nitrogens with zero attached hydrogens (tertiary/aromatic N) is 3. The molecular weight excluding hydrogens is 450 g/mol. The topological polar surface area (TPSA) is 56.6 Å². The number of hydrogen-bond donors (Lipinski definition) is 0. The van der Waals surface area contributed by atoms with Crippen molar-refractivity contribution >= 4 is 11.6 Å². The van der Waals surface area contributed by atoms with E-state index in [4.69, 9.17) is 10.00 Å². The Morgan fingerprint density at radius 3 is 2.59 bits per heavy atom. The van der Waals surface area contributed by atoms with E-state index in [0.717, 1.165) is 6.07 Å². The Balaban J connectivity index is 1.61. The smallest absolute Gasteiger partial charge is 0.381 e. The van der Waals surface area contributed by atoms with E-state index in [0.29, 0.717) is 57.1 Å². The molecule has 2 aromatic rings. The standard InChI is InChI=1S/C25H25F4N3O2/c1-2-34-16-24-14-31(23(33)17-3-6-20(26)7-4-17)10-9-19(24)13-32(15-24)21-8-5-18(12-30)22(11-21)25(27,28)29/h3-8,11,19H,2,9-10,13-16H2,1H3/t19-,24+/m0/s1. The number of benzene rings is 2. The molecule has 0 unspecified atom stereocenters. The van der Waals surface area contributed by atoms with E-state index >= 15 is 0 Å². The minimum absolute atomic E-state index is 0.126. The number of nitriles is 1. The number of rotatable bonds is 5.